The first-order chi connectivity index (χ1) is 7.79. The van der Waals surface area contributed by atoms with Gasteiger partial charge in [0.1, 0.15) is 5.84 Å². The van der Waals surface area contributed by atoms with Gasteiger partial charge in [0.15, 0.2) is 0 Å². The summed E-state index contributed by atoms with van der Waals surface area (Å²) < 4.78 is 0. The molecule has 4 heteroatoms. The van der Waals surface area contributed by atoms with E-state index in [1.54, 1.807) is 0 Å². The first-order valence-electron chi connectivity index (χ1n) is 5.56. The average Bonchev–Trinajstić information content (AvgIpc) is 2.71. The summed E-state index contributed by atoms with van der Waals surface area (Å²) in [4.78, 5) is 0. The smallest absolute Gasteiger partial charge is 0.140 e. The zero-order chi connectivity index (χ0) is 11.4. The quantitative estimate of drug-likeness (QED) is 0.305. The van der Waals surface area contributed by atoms with Crippen molar-refractivity contribution in [3.63, 3.8) is 0 Å². The molecule has 16 heavy (non-hydrogen) atoms. The fraction of sp³-hybridized carbons (Fsp3) is 0.417. The number of fused-ring (bicyclic) bond motifs is 1. The van der Waals surface area contributed by atoms with Crippen LogP contribution in [0.25, 0.3) is 0 Å². The Morgan fingerprint density at radius 3 is 2.56 bits per heavy atom. The summed E-state index contributed by atoms with van der Waals surface area (Å²) in [6.07, 6.45) is 2.74. The van der Waals surface area contributed by atoms with Gasteiger partial charge in [0.05, 0.1) is 0 Å². The number of rotatable bonds is 4. The van der Waals surface area contributed by atoms with Crippen molar-refractivity contribution in [1.29, 1.82) is 0 Å². The summed E-state index contributed by atoms with van der Waals surface area (Å²) in [6, 6.07) is 9.01. The van der Waals surface area contributed by atoms with Crippen LogP contribution in [0.1, 0.15) is 17.5 Å². The topological polar surface area (TPSA) is 70.6 Å². The molecule has 86 valence electrons. The highest BCUT2D eigenvalue weighted by Crippen LogP contribution is 2.21. The summed E-state index contributed by atoms with van der Waals surface area (Å²) in [7, 11) is 0. The summed E-state index contributed by atoms with van der Waals surface area (Å²) in [5.41, 5.74) is 8.27. The number of benzene rings is 1. The maximum atomic E-state index is 8.40. The van der Waals surface area contributed by atoms with Crippen molar-refractivity contribution in [3.05, 3.63) is 35.4 Å². The molecule has 0 atom stereocenters. The number of hydrogen-bond acceptors (Lipinski definition) is 3. The average molecular weight is 219 g/mol. The summed E-state index contributed by atoms with van der Waals surface area (Å²) >= 11 is 0. The van der Waals surface area contributed by atoms with E-state index < -0.39 is 0 Å². The van der Waals surface area contributed by atoms with Crippen LogP contribution < -0.4 is 11.1 Å². The van der Waals surface area contributed by atoms with Crippen LogP contribution in [-0.4, -0.2) is 23.6 Å². The highest BCUT2D eigenvalue weighted by molar-refractivity contribution is 5.79. The highest BCUT2D eigenvalue weighted by Gasteiger charge is 2.19. The Balaban J connectivity index is 1.79. The third-order valence-corrected chi connectivity index (χ3v) is 2.99. The molecule has 1 aliphatic rings. The second-order valence-corrected chi connectivity index (χ2v) is 4.17. The number of hydrogen-bond donors (Lipinski definition) is 3. The van der Waals surface area contributed by atoms with Gasteiger partial charge in [-0.1, -0.05) is 29.4 Å². The van der Waals surface area contributed by atoms with Gasteiger partial charge in [-0.3, -0.25) is 0 Å². The van der Waals surface area contributed by atoms with E-state index >= 15 is 0 Å². The number of nitrogens with zero attached hydrogens (tertiary/aromatic N) is 1. The van der Waals surface area contributed by atoms with Crippen molar-refractivity contribution in [1.82, 2.24) is 5.32 Å². The van der Waals surface area contributed by atoms with Crippen LogP contribution in [0.5, 0.6) is 0 Å². The molecule has 1 aromatic carbocycles. The Hall–Kier alpha value is -1.55. The lowest BCUT2D eigenvalue weighted by molar-refractivity contribution is 0.316. The SMILES string of the molecule is N/C(CCNC1Cc2ccccc2C1)=N/O. The minimum atomic E-state index is 0.281. The monoisotopic (exact) mass is 219 g/mol. The molecular weight excluding hydrogens is 202 g/mol. The van der Waals surface area contributed by atoms with Gasteiger partial charge >= 0.3 is 0 Å². The molecule has 2 rings (SSSR count). The Bertz CT molecular complexity index is 365. The summed E-state index contributed by atoms with van der Waals surface area (Å²) in [6.45, 7) is 0.758. The highest BCUT2D eigenvalue weighted by atomic mass is 16.4. The van der Waals surface area contributed by atoms with E-state index in [4.69, 9.17) is 10.9 Å². The molecule has 0 spiro atoms. The second kappa shape index (κ2) is 4.99. The molecule has 1 aromatic rings. The minimum Gasteiger partial charge on any atom is -0.409 e. The molecule has 0 bridgehead atoms. The molecule has 0 unspecified atom stereocenters. The van der Waals surface area contributed by atoms with Crippen molar-refractivity contribution in [3.8, 4) is 0 Å². The fourth-order valence-electron chi connectivity index (χ4n) is 2.16. The van der Waals surface area contributed by atoms with Gasteiger partial charge in [0, 0.05) is 19.0 Å². The molecular formula is C12H17N3O. The van der Waals surface area contributed by atoms with Gasteiger partial charge in [0.25, 0.3) is 0 Å². The van der Waals surface area contributed by atoms with Gasteiger partial charge in [-0.05, 0) is 24.0 Å². The van der Waals surface area contributed by atoms with Crippen LogP contribution in [0.3, 0.4) is 0 Å². The minimum absolute atomic E-state index is 0.281. The zero-order valence-electron chi connectivity index (χ0n) is 9.19. The lowest BCUT2D eigenvalue weighted by Gasteiger charge is -2.10. The molecule has 0 radical (unpaired) electrons. The zero-order valence-corrected chi connectivity index (χ0v) is 9.19. The predicted octanol–water partition coefficient (Wildman–Crippen LogP) is 0.880. The van der Waals surface area contributed by atoms with Crippen molar-refractivity contribution < 1.29 is 5.21 Å². The van der Waals surface area contributed by atoms with Crippen molar-refractivity contribution in [2.45, 2.75) is 25.3 Å². The molecule has 0 saturated carbocycles. The summed E-state index contributed by atoms with van der Waals surface area (Å²) in [5.74, 6) is 0.281. The van der Waals surface area contributed by atoms with Crippen LogP contribution in [-0.2, 0) is 12.8 Å². The fourth-order valence-corrected chi connectivity index (χ4v) is 2.16. The molecule has 4 N–H and O–H groups in total. The van der Waals surface area contributed by atoms with Gasteiger partial charge in [0.2, 0.25) is 0 Å². The predicted molar refractivity (Wildman–Crippen MR) is 63.7 cm³/mol. The van der Waals surface area contributed by atoms with Crippen molar-refractivity contribution in [2.24, 2.45) is 10.9 Å². The molecule has 0 heterocycles. The first-order valence-corrected chi connectivity index (χ1v) is 5.56. The molecule has 0 aromatic heterocycles. The Morgan fingerprint density at radius 1 is 1.38 bits per heavy atom. The standard InChI is InChI=1S/C12H17N3O/c13-12(15-16)5-6-14-11-7-9-3-1-2-4-10(9)8-11/h1-4,11,14,16H,5-8H2,(H2,13,15). The van der Waals surface area contributed by atoms with Gasteiger partial charge in [-0.15, -0.1) is 0 Å². The lowest BCUT2D eigenvalue weighted by Crippen LogP contribution is -2.32. The summed E-state index contributed by atoms with van der Waals surface area (Å²) in [5, 5.41) is 14.8. The van der Waals surface area contributed by atoms with Crippen LogP contribution >= 0.6 is 0 Å². The third kappa shape index (κ3) is 2.52. The van der Waals surface area contributed by atoms with E-state index in [1.165, 1.54) is 11.1 Å². The van der Waals surface area contributed by atoms with Crippen LogP contribution in [0, 0.1) is 0 Å². The number of amidine groups is 1. The Labute approximate surface area is 95.1 Å². The lowest BCUT2D eigenvalue weighted by atomic mass is 10.1. The van der Waals surface area contributed by atoms with E-state index in [9.17, 15) is 0 Å². The van der Waals surface area contributed by atoms with E-state index in [2.05, 4.69) is 34.7 Å². The Morgan fingerprint density at radius 2 is 2.00 bits per heavy atom. The Kier molecular flexibility index (Phi) is 3.41. The van der Waals surface area contributed by atoms with Crippen molar-refractivity contribution >= 4 is 5.84 Å². The number of nitrogens with two attached hydrogens (primary N) is 1. The van der Waals surface area contributed by atoms with E-state index in [0.717, 1.165) is 19.4 Å². The normalized spacial score (nSPS) is 16.4. The van der Waals surface area contributed by atoms with Gasteiger partial charge in [-0.25, -0.2) is 0 Å². The molecule has 0 saturated heterocycles. The largest absolute Gasteiger partial charge is 0.409 e. The van der Waals surface area contributed by atoms with Gasteiger partial charge < -0.3 is 16.3 Å². The number of oxime groups is 1. The van der Waals surface area contributed by atoms with Crippen molar-refractivity contribution in [2.75, 3.05) is 6.54 Å². The number of nitrogens with one attached hydrogen (secondary N) is 1. The van der Waals surface area contributed by atoms with Gasteiger partial charge in [-0.2, -0.15) is 0 Å². The molecule has 0 aliphatic heterocycles. The molecule has 0 amide bonds. The maximum absolute atomic E-state index is 8.40. The maximum Gasteiger partial charge on any atom is 0.140 e. The second-order valence-electron chi connectivity index (χ2n) is 4.17. The third-order valence-electron chi connectivity index (χ3n) is 2.99. The molecule has 4 nitrogen and oxygen atoms in total. The molecule has 1 aliphatic carbocycles. The first kappa shape index (κ1) is 11.0. The molecule has 0 fully saturated rings. The van der Waals surface area contributed by atoms with Crippen LogP contribution in [0.2, 0.25) is 0 Å². The van der Waals surface area contributed by atoms with E-state index in [-0.39, 0.29) is 5.84 Å². The van der Waals surface area contributed by atoms with Crippen LogP contribution in [0.15, 0.2) is 29.4 Å². The van der Waals surface area contributed by atoms with Crippen LogP contribution in [0.4, 0.5) is 0 Å². The van der Waals surface area contributed by atoms with E-state index in [1.807, 2.05) is 0 Å². The van der Waals surface area contributed by atoms with E-state index in [0.29, 0.717) is 12.5 Å².